The van der Waals surface area contributed by atoms with E-state index in [4.69, 9.17) is 24.7 Å². The smallest absolute Gasteiger partial charge is 0.218 e. The molecule has 3 N–H and O–H groups in total. The van der Waals surface area contributed by atoms with Gasteiger partial charge >= 0.3 is 0 Å². The molecule has 0 aliphatic heterocycles. The van der Waals surface area contributed by atoms with Crippen LogP contribution in [0, 0.1) is 0 Å². The fourth-order valence-corrected chi connectivity index (χ4v) is 2.17. The van der Waals surface area contributed by atoms with Crippen LogP contribution in [0.15, 0.2) is 41.5 Å². The van der Waals surface area contributed by atoms with Gasteiger partial charge in [0.1, 0.15) is 6.61 Å². The van der Waals surface area contributed by atoms with Gasteiger partial charge in [-0.15, -0.1) is 0 Å². The fraction of sp³-hybridized carbons (Fsp3) is 0.333. The van der Waals surface area contributed by atoms with Gasteiger partial charge < -0.3 is 30.0 Å². The SMILES string of the molecule is COCCOc1ncccc1CN=C(N)Nc1ccc(OC)c(OC)c1. The number of nitrogens with two attached hydrogens (primary N) is 1. The number of ether oxygens (including phenoxy) is 4. The number of aromatic nitrogens is 1. The summed E-state index contributed by atoms with van der Waals surface area (Å²) in [6, 6.07) is 9.11. The quantitative estimate of drug-likeness (QED) is 0.401. The van der Waals surface area contributed by atoms with Crippen LogP contribution < -0.4 is 25.3 Å². The largest absolute Gasteiger partial charge is 0.493 e. The molecule has 0 radical (unpaired) electrons. The van der Waals surface area contributed by atoms with Gasteiger partial charge in [-0.3, -0.25) is 0 Å². The minimum absolute atomic E-state index is 0.268. The summed E-state index contributed by atoms with van der Waals surface area (Å²) in [4.78, 5) is 8.55. The Labute approximate surface area is 153 Å². The van der Waals surface area contributed by atoms with E-state index in [0.717, 1.165) is 11.3 Å². The molecule has 140 valence electrons. The van der Waals surface area contributed by atoms with Crippen molar-refractivity contribution in [3.63, 3.8) is 0 Å². The fourth-order valence-electron chi connectivity index (χ4n) is 2.17. The van der Waals surface area contributed by atoms with Gasteiger partial charge in [-0.1, -0.05) is 6.07 Å². The summed E-state index contributed by atoms with van der Waals surface area (Å²) < 4.78 is 21.0. The Balaban J connectivity index is 2.02. The molecule has 8 nitrogen and oxygen atoms in total. The van der Waals surface area contributed by atoms with Gasteiger partial charge in [0.2, 0.25) is 5.88 Å². The molecule has 26 heavy (non-hydrogen) atoms. The minimum atomic E-state index is 0.268. The Bertz CT molecular complexity index is 737. The van der Waals surface area contributed by atoms with E-state index in [0.29, 0.717) is 37.1 Å². The lowest BCUT2D eigenvalue weighted by atomic mass is 10.2. The second-order valence-electron chi connectivity index (χ2n) is 5.21. The summed E-state index contributed by atoms with van der Waals surface area (Å²) in [6.07, 6.45) is 1.67. The van der Waals surface area contributed by atoms with E-state index < -0.39 is 0 Å². The third kappa shape index (κ3) is 5.52. The minimum Gasteiger partial charge on any atom is -0.493 e. The maximum atomic E-state index is 5.97. The van der Waals surface area contributed by atoms with E-state index in [-0.39, 0.29) is 5.96 Å². The van der Waals surface area contributed by atoms with E-state index in [1.807, 2.05) is 18.2 Å². The Morgan fingerprint density at radius 2 is 1.92 bits per heavy atom. The second kappa shape index (κ2) is 10.1. The Morgan fingerprint density at radius 3 is 2.65 bits per heavy atom. The molecule has 0 aliphatic rings. The lowest BCUT2D eigenvalue weighted by Crippen LogP contribution is -2.22. The summed E-state index contributed by atoms with van der Waals surface area (Å²) in [5.41, 5.74) is 7.55. The van der Waals surface area contributed by atoms with Crippen molar-refractivity contribution >= 4 is 11.6 Å². The normalized spacial score (nSPS) is 11.1. The van der Waals surface area contributed by atoms with Gasteiger partial charge in [0.15, 0.2) is 17.5 Å². The topological polar surface area (TPSA) is 100 Å². The number of benzene rings is 1. The first-order valence-electron chi connectivity index (χ1n) is 8.02. The van der Waals surface area contributed by atoms with Crippen LogP contribution in [0.5, 0.6) is 17.4 Å². The molecule has 8 heteroatoms. The zero-order valence-electron chi connectivity index (χ0n) is 15.2. The average Bonchev–Trinajstić information content (AvgIpc) is 2.67. The summed E-state index contributed by atoms with van der Waals surface area (Å²) in [5, 5.41) is 3.02. The molecular weight excluding hydrogens is 336 g/mol. The lowest BCUT2D eigenvalue weighted by molar-refractivity contribution is 0.143. The highest BCUT2D eigenvalue weighted by atomic mass is 16.5. The van der Waals surface area contributed by atoms with Crippen molar-refractivity contribution in [3.05, 3.63) is 42.1 Å². The Kier molecular flexibility index (Phi) is 7.50. The summed E-state index contributed by atoms with van der Waals surface area (Å²) >= 11 is 0. The van der Waals surface area contributed by atoms with Crippen LogP contribution >= 0.6 is 0 Å². The van der Waals surface area contributed by atoms with Gasteiger partial charge in [-0.2, -0.15) is 0 Å². The predicted molar refractivity (Wildman–Crippen MR) is 100 cm³/mol. The van der Waals surface area contributed by atoms with E-state index in [1.165, 1.54) is 0 Å². The molecule has 0 amide bonds. The van der Waals surface area contributed by atoms with Gasteiger partial charge in [-0.05, 0) is 18.2 Å². The molecule has 0 unspecified atom stereocenters. The van der Waals surface area contributed by atoms with Crippen molar-refractivity contribution in [2.75, 3.05) is 39.9 Å². The number of hydrogen-bond donors (Lipinski definition) is 2. The molecule has 1 aromatic heterocycles. The first-order chi connectivity index (χ1) is 12.7. The molecule has 0 atom stereocenters. The summed E-state index contributed by atoms with van der Waals surface area (Å²) in [5.74, 6) is 2.03. The number of guanidine groups is 1. The summed E-state index contributed by atoms with van der Waals surface area (Å²) in [6.45, 7) is 1.24. The third-order valence-corrected chi connectivity index (χ3v) is 3.45. The van der Waals surface area contributed by atoms with Crippen molar-refractivity contribution in [1.29, 1.82) is 0 Å². The average molecular weight is 360 g/mol. The first kappa shape index (κ1) is 19.3. The van der Waals surface area contributed by atoms with Gasteiger partial charge in [0.05, 0.1) is 27.4 Å². The molecule has 2 aromatic rings. The highest BCUT2D eigenvalue weighted by Crippen LogP contribution is 2.29. The van der Waals surface area contributed by atoms with Crippen LogP contribution in [0.1, 0.15) is 5.56 Å². The van der Waals surface area contributed by atoms with Crippen molar-refractivity contribution in [2.45, 2.75) is 6.54 Å². The van der Waals surface area contributed by atoms with E-state index in [9.17, 15) is 0 Å². The lowest BCUT2D eigenvalue weighted by Gasteiger charge is -2.11. The third-order valence-electron chi connectivity index (χ3n) is 3.45. The number of methoxy groups -OCH3 is 3. The maximum Gasteiger partial charge on any atom is 0.218 e. The zero-order chi connectivity index (χ0) is 18.8. The number of aliphatic imine (C=N–C) groups is 1. The molecule has 0 spiro atoms. The Hall–Kier alpha value is -3.00. The molecule has 0 saturated heterocycles. The highest BCUT2D eigenvalue weighted by Gasteiger charge is 2.07. The molecule has 1 heterocycles. The van der Waals surface area contributed by atoms with Crippen LogP contribution in [0.2, 0.25) is 0 Å². The van der Waals surface area contributed by atoms with Crippen molar-refractivity contribution in [2.24, 2.45) is 10.7 Å². The second-order valence-corrected chi connectivity index (χ2v) is 5.21. The molecule has 0 fully saturated rings. The summed E-state index contributed by atoms with van der Waals surface area (Å²) in [7, 11) is 4.78. The number of nitrogens with one attached hydrogen (secondary N) is 1. The molecule has 0 bridgehead atoms. The number of anilines is 1. The van der Waals surface area contributed by atoms with E-state index >= 15 is 0 Å². The van der Waals surface area contributed by atoms with Crippen LogP contribution in [0.25, 0.3) is 0 Å². The van der Waals surface area contributed by atoms with Crippen molar-refractivity contribution in [1.82, 2.24) is 4.98 Å². The zero-order valence-corrected chi connectivity index (χ0v) is 15.2. The van der Waals surface area contributed by atoms with Crippen LogP contribution in [-0.4, -0.2) is 45.5 Å². The maximum absolute atomic E-state index is 5.97. The number of pyridine rings is 1. The molecule has 1 aromatic carbocycles. The molecule has 0 saturated carbocycles. The molecular formula is C18H24N4O4. The van der Waals surface area contributed by atoms with Crippen LogP contribution in [0.4, 0.5) is 5.69 Å². The van der Waals surface area contributed by atoms with Crippen molar-refractivity contribution < 1.29 is 18.9 Å². The van der Waals surface area contributed by atoms with Crippen molar-refractivity contribution in [3.8, 4) is 17.4 Å². The number of hydrogen-bond acceptors (Lipinski definition) is 6. The van der Waals surface area contributed by atoms with Crippen LogP contribution in [0.3, 0.4) is 0 Å². The number of nitrogens with zero attached hydrogens (tertiary/aromatic N) is 2. The van der Waals surface area contributed by atoms with Gasteiger partial charge in [0.25, 0.3) is 0 Å². The van der Waals surface area contributed by atoms with Gasteiger partial charge in [-0.25, -0.2) is 9.98 Å². The van der Waals surface area contributed by atoms with E-state index in [1.54, 1.807) is 39.7 Å². The predicted octanol–water partition coefficient (Wildman–Crippen LogP) is 2.05. The number of rotatable bonds is 9. The first-order valence-corrected chi connectivity index (χ1v) is 8.02. The monoisotopic (exact) mass is 360 g/mol. The van der Waals surface area contributed by atoms with Gasteiger partial charge in [0, 0.05) is 30.6 Å². The Morgan fingerprint density at radius 1 is 1.12 bits per heavy atom. The molecule has 2 rings (SSSR count). The van der Waals surface area contributed by atoms with Crippen LogP contribution in [-0.2, 0) is 11.3 Å². The molecule has 0 aliphatic carbocycles. The highest BCUT2D eigenvalue weighted by molar-refractivity contribution is 5.92. The van der Waals surface area contributed by atoms with E-state index in [2.05, 4.69) is 15.3 Å². The standard InChI is InChI=1S/C18H24N4O4/c1-23-9-10-26-17-13(5-4-8-20-17)12-21-18(19)22-14-6-7-15(24-2)16(11-14)25-3/h4-8,11H,9-10,12H2,1-3H3,(H3,19,21,22).